The van der Waals surface area contributed by atoms with E-state index >= 15 is 0 Å². The molecule has 0 saturated heterocycles. The first-order chi connectivity index (χ1) is 17.6. The Morgan fingerprint density at radius 2 is 1.86 bits per heavy atom. The minimum absolute atomic E-state index is 0.00315. The highest BCUT2D eigenvalue weighted by molar-refractivity contribution is 7.07. The van der Waals surface area contributed by atoms with Crippen molar-refractivity contribution >= 4 is 23.1 Å². The van der Waals surface area contributed by atoms with Gasteiger partial charge in [0.15, 0.2) is 16.3 Å². The second-order valence-electron chi connectivity index (χ2n) is 8.79. The van der Waals surface area contributed by atoms with Crippen LogP contribution in [-0.2, 0) is 6.42 Å². The first kappa shape index (κ1) is 22.4. The van der Waals surface area contributed by atoms with Gasteiger partial charge in [0.1, 0.15) is 5.75 Å². The number of allylic oxidation sites excluding steroid dienone is 1. The number of aromatic nitrogens is 1. The topological polar surface area (TPSA) is 73.1 Å². The van der Waals surface area contributed by atoms with Gasteiger partial charge in [-0.05, 0) is 53.8 Å². The molecule has 2 aliphatic rings. The standard InChI is InChI=1S/C29H24N2O4S/c1-34-20-10-5-8-18(15-20)26-22-14-13-17-7-3-4-11-21(17)25(22)30-29-31(26)28(33)24(36-29)16-19-9-6-12-23(35-2)27(19)32/h3-12,15-16,26,32H,13-14H2,1-2H3/t26-/m1/s1. The van der Waals surface area contributed by atoms with Gasteiger partial charge >= 0.3 is 0 Å². The van der Waals surface area contributed by atoms with Crippen LogP contribution in [0.4, 0.5) is 0 Å². The predicted molar refractivity (Wildman–Crippen MR) is 140 cm³/mol. The van der Waals surface area contributed by atoms with E-state index in [9.17, 15) is 9.90 Å². The van der Waals surface area contributed by atoms with Gasteiger partial charge in [-0.15, -0.1) is 0 Å². The zero-order chi connectivity index (χ0) is 24.8. The maximum Gasteiger partial charge on any atom is 0.271 e. The van der Waals surface area contributed by atoms with Crippen molar-refractivity contribution in [3.8, 4) is 17.2 Å². The number of phenols is 1. The number of hydrogen-bond acceptors (Lipinski definition) is 6. The lowest BCUT2D eigenvalue weighted by molar-refractivity contribution is 0.373. The maximum absolute atomic E-state index is 13.9. The molecule has 6 rings (SSSR count). The van der Waals surface area contributed by atoms with Crippen molar-refractivity contribution < 1.29 is 14.6 Å². The van der Waals surface area contributed by atoms with Crippen molar-refractivity contribution in [2.45, 2.75) is 18.9 Å². The summed E-state index contributed by atoms with van der Waals surface area (Å²) < 4.78 is 13.0. The molecule has 0 fully saturated rings. The number of nitrogens with zero attached hydrogens (tertiary/aromatic N) is 2. The third kappa shape index (κ3) is 3.55. The Morgan fingerprint density at radius 3 is 2.69 bits per heavy atom. The number of ether oxygens (including phenoxy) is 2. The highest BCUT2D eigenvalue weighted by Gasteiger charge is 2.32. The number of benzene rings is 3. The molecule has 2 heterocycles. The van der Waals surface area contributed by atoms with E-state index in [0.717, 1.165) is 41.0 Å². The normalized spacial score (nSPS) is 16.6. The molecule has 180 valence electrons. The number of phenolic OH excluding ortho intramolecular Hbond substituents is 1. The number of thiazole rings is 1. The molecule has 0 amide bonds. The summed E-state index contributed by atoms with van der Waals surface area (Å²) >= 11 is 1.33. The molecule has 0 radical (unpaired) electrons. The molecule has 0 spiro atoms. The molecule has 0 unspecified atom stereocenters. The molecular formula is C29H24N2O4S. The van der Waals surface area contributed by atoms with Gasteiger partial charge in [0.25, 0.3) is 5.56 Å². The van der Waals surface area contributed by atoms with E-state index in [1.807, 2.05) is 30.3 Å². The molecule has 4 aromatic rings. The summed E-state index contributed by atoms with van der Waals surface area (Å²) in [4.78, 5) is 19.5. The van der Waals surface area contributed by atoms with Crippen LogP contribution >= 0.6 is 11.3 Å². The average molecular weight is 497 g/mol. The molecule has 7 heteroatoms. The summed E-state index contributed by atoms with van der Waals surface area (Å²) in [5, 5.41) is 10.6. The molecule has 1 N–H and O–H groups in total. The largest absolute Gasteiger partial charge is 0.504 e. The second-order valence-corrected chi connectivity index (χ2v) is 9.80. The fraction of sp³-hybridized carbons (Fsp3) is 0.172. The Hall–Kier alpha value is -4.10. The second kappa shape index (κ2) is 8.84. The van der Waals surface area contributed by atoms with E-state index in [-0.39, 0.29) is 17.4 Å². The molecule has 36 heavy (non-hydrogen) atoms. The average Bonchev–Trinajstić information content (AvgIpc) is 3.22. The third-order valence-corrected chi connectivity index (χ3v) is 7.80. The first-order valence-electron chi connectivity index (χ1n) is 11.7. The lowest BCUT2D eigenvalue weighted by Crippen LogP contribution is -2.38. The van der Waals surface area contributed by atoms with Crippen LogP contribution in [0.15, 0.2) is 82.1 Å². The zero-order valence-electron chi connectivity index (χ0n) is 19.9. The summed E-state index contributed by atoms with van der Waals surface area (Å²) in [6.07, 6.45) is 3.42. The van der Waals surface area contributed by atoms with Crippen LogP contribution in [-0.4, -0.2) is 23.9 Å². The molecule has 1 aliphatic carbocycles. The molecule has 0 bridgehead atoms. The summed E-state index contributed by atoms with van der Waals surface area (Å²) in [6.45, 7) is 0. The van der Waals surface area contributed by atoms with Crippen molar-refractivity contribution in [3.05, 3.63) is 114 Å². The van der Waals surface area contributed by atoms with Gasteiger partial charge in [-0.2, -0.15) is 0 Å². The SMILES string of the molecule is COc1cccc([C@@H]2C3=C(N=c4sc(=Cc5cccc(OC)c5O)c(=O)n42)c2ccccc2CC3)c1. The third-order valence-electron chi connectivity index (χ3n) is 6.82. The van der Waals surface area contributed by atoms with Crippen molar-refractivity contribution in [2.24, 2.45) is 4.99 Å². The van der Waals surface area contributed by atoms with E-state index in [4.69, 9.17) is 14.5 Å². The number of aryl methyl sites for hydroxylation is 1. The molecule has 0 saturated carbocycles. The highest BCUT2D eigenvalue weighted by Crippen LogP contribution is 2.41. The van der Waals surface area contributed by atoms with Gasteiger partial charge in [0.05, 0.1) is 30.5 Å². The fourth-order valence-electron chi connectivity index (χ4n) is 5.10. The van der Waals surface area contributed by atoms with E-state index in [1.165, 1.54) is 24.0 Å². The minimum atomic E-state index is -0.291. The Balaban J connectivity index is 1.62. The van der Waals surface area contributed by atoms with Gasteiger partial charge in [-0.1, -0.05) is 59.9 Å². The fourth-order valence-corrected chi connectivity index (χ4v) is 6.09. The highest BCUT2D eigenvalue weighted by atomic mass is 32.1. The van der Waals surface area contributed by atoms with Gasteiger partial charge in [-0.3, -0.25) is 9.36 Å². The molecule has 1 aliphatic heterocycles. The molecule has 1 aromatic heterocycles. The van der Waals surface area contributed by atoms with Crippen LogP contribution in [0, 0.1) is 0 Å². The Bertz CT molecular complexity index is 1710. The van der Waals surface area contributed by atoms with Gasteiger partial charge in [0, 0.05) is 11.1 Å². The summed E-state index contributed by atoms with van der Waals surface area (Å²) in [5.74, 6) is 1.10. The van der Waals surface area contributed by atoms with Crippen molar-refractivity contribution in [1.82, 2.24) is 4.57 Å². The Kier molecular flexibility index (Phi) is 5.49. The molecule has 1 atom stereocenters. The summed E-state index contributed by atoms with van der Waals surface area (Å²) in [5.41, 5.74) is 5.82. The van der Waals surface area contributed by atoms with Crippen molar-refractivity contribution in [3.63, 3.8) is 0 Å². The monoisotopic (exact) mass is 496 g/mol. The summed E-state index contributed by atoms with van der Waals surface area (Å²) in [6, 6.07) is 21.2. The predicted octanol–water partition coefficient (Wildman–Crippen LogP) is 4.04. The minimum Gasteiger partial charge on any atom is -0.504 e. The van der Waals surface area contributed by atoms with Crippen LogP contribution in [0.1, 0.15) is 34.7 Å². The lowest BCUT2D eigenvalue weighted by atomic mass is 9.83. The molecule has 6 nitrogen and oxygen atoms in total. The van der Waals surface area contributed by atoms with Crippen molar-refractivity contribution in [1.29, 1.82) is 0 Å². The number of fused-ring (bicyclic) bond motifs is 3. The van der Waals surface area contributed by atoms with Crippen molar-refractivity contribution in [2.75, 3.05) is 14.2 Å². The number of hydrogen-bond donors (Lipinski definition) is 1. The Morgan fingerprint density at radius 1 is 1.03 bits per heavy atom. The number of aromatic hydroxyl groups is 1. The van der Waals surface area contributed by atoms with Crippen LogP contribution in [0.3, 0.4) is 0 Å². The number of rotatable bonds is 4. The van der Waals surface area contributed by atoms with Crippen LogP contribution in [0.5, 0.6) is 17.2 Å². The summed E-state index contributed by atoms with van der Waals surface area (Å²) in [7, 11) is 3.15. The van der Waals surface area contributed by atoms with Crippen LogP contribution in [0.2, 0.25) is 0 Å². The maximum atomic E-state index is 13.9. The first-order valence-corrected chi connectivity index (χ1v) is 12.5. The zero-order valence-corrected chi connectivity index (χ0v) is 20.7. The molecular weight excluding hydrogens is 472 g/mol. The van der Waals surface area contributed by atoms with Crippen LogP contribution in [0.25, 0.3) is 11.8 Å². The van der Waals surface area contributed by atoms with Crippen LogP contribution < -0.4 is 24.4 Å². The lowest BCUT2D eigenvalue weighted by Gasteiger charge is -2.31. The molecule has 3 aromatic carbocycles. The van der Waals surface area contributed by atoms with Gasteiger partial charge in [0.2, 0.25) is 0 Å². The van der Waals surface area contributed by atoms with E-state index in [1.54, 1.807) is 36.0 Å². The van der Waals surface area contributed by atoms with Gasteiger partial charge in [-0.25, -0.2) is 4.99 Å². The number of para-hydroxylation sites is 1. The van der Waals surface area contributed by atoms with Gasteiger partial charge < -0.3 is 14.6 Å². The van der Waals surface area contributed by atoms with E-state index in [0.29, 0.717) is 20.6 Å². The number of methoxy groups -OCH3 is 2. The van der Waals surface area contributed by atoms with E-state index < -0.39 is 0 Å². The smallest absolute Gasteiger partial charge is 0.271 e. The Labute approximate surface area is 211 Å². The quantitative estimate of drug-likeness (QED) is 0.463. The van der Waals surface area contributed by atoms with E-state index in [2.05, 4.69) is 18.2 Å².